The SMILES string of the molecule is CC(C)c1nccc(C=N)c1NSO. The largest absolute Gasteiger partial charge is 0.312 e. The second kappa shape index (κ2) is 4.97. The average Bonchev–Trinajstić information content (AvgIpc) is 2.18. The number of rotatable bonds is 4. The standard InChI is InChI=1S/C9H13N3OS/c1-6(2)8-9(12-14-13)7(5-10)3-4-11-8/h3-6,10,12-13H,1-2H3. The molecule has 0 fully saturated rings. The lowest BCUT2D eigenvalue weighted by molar-refractivity contribution is 0.668. The second-order valence-corrected chi connectivity index (χ2v) is 3.54. The third-order valence-corrected chi connectivity index (χ3v) is 2.16. The number of hydrogen-bond donors (Lipinski definition) is 3. The number of anilines is 1. The van der Waals surface area contributed by atoms with Gasteiger partial charge < -0.3 is 14.7 Å². The Morgan fingerprint density at radius 1 is 1.64 bits per heavy atom. The first-order valence-electron chi connectivity index (χ1n) is 4.26. The minimum atomic E-state index is 0.254. The molecule has 0 aliphatic rings. The monoisotopic (exact) mass is 211 g/mol. The predicted molar refractivity (Wildman–Crippen MR) is 60.1 cm³/mol. The second-order valence-electron chi connectivity index (χ2n) is 3.15. The van der Waals surface area contributed by atoms with Gasteiger partial charge in [-0.3, -0.25) is 4.98 Å². The van der Waals surface area contributed by atoms with Gasteiger partial charge in [-0.25, -0.2) is 0 Å². The van der Waals surface area contributed by atoms with E-state index in [0.29, 0.717) is 17.9 Å². The Hall–Kier alpha value is -1.07. The van der Waals surface area contributed by atoms with E-state index in [9.17, 15) is 0 Å². The van der Waals surface area contributed by atoms with Crippen molar-refractivity contribution in [2.24, 2.45) is 0 Å². The number of nitrogens with zero attached hydrogens (tertiary/aromatic N) is 1. The highest BCUT2D eigenvalue weighted by molar-refractivity contribution is 7.95. The van der Waals surface area contributed by atoms with Crippen LogP contribution in [0.1, 0.15) is 31.0 Å². The van der Waals surface area contributed by atoms with Crippen molar-refractivity contribution in [2.75, 3.05) is 4.72 Å². The highest BCUT2D eigenvalue weighted by Gasteiger charge is 2.11. The van der Waals surface area contributed by atoms with E-state index in [1.165, 1.54) is 6.21 Å². The summed E-state index contributed by atoms with van der Waals surface area (Å²) in [5.74, 6) is 0.254. The van der Waals surface area contributed by atoms with Gasteiger partial charge in [0.2, 0.25) is 0 Å². The van der Waals surface area contributed by atoms with Crippen molar-refractivity contribution >= 4 is 24.1 Å². The Labute approximate surface area is 87.6 Å². The fraction of sp³-hybridized carbons (Fsp3) is 0.333. The van der Waals surface area contributed by atoms with Crippen molar-refractivity contribution < 1.29 is 4.55 Å². The summed E-state index contributed by atoms with van der Waals surface area (Å²) < 4.78 is 11.5. The minimum Gasteiger partial charge on any atom is -0.312 e. The van der Waals surface area contributed by atoms with Crippen LogP contribution in [0, 0.1) is 5.41 Å². The first-order chi connectivity index (χ1) is 6.70. The highest BCUT2D eigenvalue weighted by atomic mass is 32.2. The quantitative estimate of drug-likeness (QED) is 0.407. The molecule has 0 atom stereocenters. The topological polar surface area (TPSA) is 69.0 Å². The molecule has 0 saturated heterocycles. The normalized spacial score (nSPS) is 10.3. The predicted octanol–water partition coefficient (Wildman–Crippen LogP) is 2.74. The van der Waals surface area contributed by atoms with Crippen molar-refractivity contribution in [2.45, 2.75) is 19.8 Å². The highest BCUT2D eigenvalue weighted by Crippen LogP contribution is 2.26. The Balaban J connectivity index is 3.20. The van der Waals surface area contributed by atoms with Gasteiger partial charge in [-0.2, -0.15) is 0 Å². The van der Waals surface area contributed by atoms with Crippen LogP contribution in [-0.2, 0) is 0 Å². The zero-order valence-corrected chi connectivity index (χ0v) is 8.93. The third kappa shape index (κ3) is 2.24. The van der Waals surface area contributed by atoms with E-state index in [1.54, 1.807) is 12.3 Å². The van der Waals surface area contributed by atoms with Gasteiger partial charge in [-0.1, -0.05) is 13.8 Å². The summed E-state index contributed by atoms with van der Waals surface area (Å²) in [6.45, 7) is 4.03. The van der Waals surface area contributed by atoms with Crippen LogP contribution in [-0.4, -0.2) is 15.8 Å². The summed E-state index contributed by atoms with van der Waals surface area (Å²) in [6.07, 6.45) is 2.91. The van der Waals surface area contributed by atoms with Crippen LogP contribution in [0.15, 0.2) is 12.3 Å². The molecule has 0 aromatic carbocycles. The average molecular weight is 211 g/mol. The van der Waals surface area contributed by atoms with Gasteiger partial charge in [0.1, 0.15) is 12.2 Å². The van der Waals surface area contributed by atoms with E-state index in [2.05, 4.69) is 9.71 Å². The van der Waals surface area contributed by atoms with E-state index in [-0.39, 0.29) is 5.92 Å². The molecule has 0 spiro atoms. The fourth-order valence-corrected chi connectivity index (χ4v) is 1.52. The molecule has 76 valence electrons. The molecule has 3 N–H and O–H groups in total. The number of pyridine rings is 1. The molecule has 0 bridgehead atoms. The zero-order valence-electron chi connectivity index (χ0n) is 8.11. The lowest BCUT2D eigenvalue weighted by Gasteiger charge is -2.13. The van der Waals surface area contributed by atoms with E-state index in [1.807, 2.05) is 13.8 Å². The van der Waals surface area contributed by atoms with Gasteiger partial charge in [0, 0.05) is 18.0 Å². The smallest absolute Gasteiger partial charge is 0.108 e. The third-order valence-electron chi connectivity index (χ3n) is 1.86. The van der Waals surface area contributed by atoms with Crippen molar-refractivity contribution in [1.82, 2.24) is 4.98 Å². The van der Waals surface area contributed by atoms with Gasteiger partial charge in [-0.05, 0) is 12.0 Å². The van der Waals surface area contributed by atoms with Gasteiger partial charge in [0.05, 0.1) is 11.4 Å². The van der Waals surface area contributed by atoms with Crippen molar-refractivity contribution in [3.63, 3.8) is 0 Å². The molecule has 1 rings (SSSR count). The van der Waals surface area contributed by atoms with E-state index in [4.69, 9.17) is 9.96 Å². The summed E-state index contributed by atoms with van der Waals surface area (Å²) in [5, 5.41) is 7.22. The molecule has 5 heteroatoms. The summed E-state index contributed by atoms with van der Waals surface area (Å²) in [5.41, 5.74) is 2.29. The number of hydrogen-bond acceptors (Lipinski definition) is 5. The summed E-state index contributed by atoms with van der Waals surface area (Å²) in [4.78, 5) is 4.22. The fourth-order valence-electron chi connectivity index (χ4n) is 1.21. The van der Waals surface area contributed by atoms with Crippen LogP contribution in [0.25, 0.3) is 0 Å². The van der Waals surface area contributed by atoms with Crippen molar-refractivity contribution in [3.8, 4) is 0 Å². The van der Waals surface area contributed by atoms with E-state index in [0.717, 1.165) is 11.3 Å². The first-order valence-corrected chi connectivity index (χ1v) is 5.03. The maximum absolute atomic E-state index is 8.75. The molecule has 4 nitrogen and oxygen atoms in total. The molecule has 1 heterocycles. The summed E-state index contributed by atoms with van der Waals surface area (Å²) in [7, 11) is 0. The van der Waals surface area contributed by atoms with Crippen LogP contribution >= 0.6 is 12.2 Å². The molecule has 0 radical (unpaired) electrons. The molecular weight excluding hydrogens is 198 g/mol. The van der Waals surface area contributed by atoms with E-state index < -0.39 is 0 Å². The van der Waals surface area contributed by atoms with E-state index >= 15 is 0 Å². The zero-order chi connectivity index (χ0) is 10.6. The Bertz CT molecular complexity index is 328. The maximum atomic E-state index is 8.75. The Kier molecular flexibility index (Phi) is 3.91. The van der Waals surface area contributed by atoms with Crippen LogP contribution in [0.2, 0.25) is 0 Å². The molecule has 0 unspecified atom stereocenters. The van der Waals surface area contributed by atoms with Crippen LogP contribution in [0.3, 0.4) is 0 Å². The molecule has 14 heavy (non-hydrogen) atoms. The molecule has 0 aliphatic heterocycles. The molecule has 0 saturated carbocycles. The van der Waals surface area contributed by atoms with Gasteiger partial charge in [-0.15, -0.1) is 0 Å². The maximum Gasteiger partial charge on any atom is 0.108 e. The molecule has 1 aromatic heterocycles. The van der Waals surface area contributed by atoms with Crippen LogP contribution < -0.4 is 4.72 Å². The Morgan fingerprint density at radius 3 is 2.86 bits per heavy atom. The molecular formula is C9H13N3OS. The number of aromatic nitrogens is 1. The van der Waals surface area contributed by atoms with Crippen LogP contribution in [0.4, 0.5) is 5.69 Å². The minimum absolute atomic E-state index is 0.254. The van der Waals surface area contributed by atoms with Gasteiger partial charge >= 0.3 is 0 Å². The molecule has 0 amide bonds. The van der Waals surface area contributed by atoms with Gasteiger partial charge in [0.15, 0.2) is 0 Å². The Morgan fingerprint density at radius 2 is 2.36 bits per heavy atom. The molecule has 1 aromatic rings. The lowest BCUT2D eigenvalue weighted by atomic mass is 10.1. The van der Waals surface area contributed by atoms with Crippen molar-refractivity contribution in [1.29, 1.82) is 5.41 Å². The summed E-state index contributed by atoms with van der Waals surface area (Å²) >= 11 is 0.522. The van der Waals surface area contributed by atoms with Gasteiger partial charge in [0.25, 0.3) is 0 Å². The summed E-state index contributed by atoms with van der Waals surface area (Å²) in [6, 6.07) is 1.73. The number of nitrogens with one attached hydrogen (secondary N) is 2. The van der Waals surface area contributed by atoms with Crippen molar-refractivity contribution in [3.05, 3.63) is 23.5 Å². The lowest BCUT2D eigenvalue weighted by Crippen LogP contribution is -2.02. The molecule has 0 aliphatic carbocycles. The van der Waals surface area contributed by atoms with Crippen LogP contribution in [0.5, 0.6) is 0 Å². The first kappa shape index (κ1) is 11.0.